The fourth-order valence-corrected chi connectivity index (χ4v) is 6.69. The zero-order valence-electron chi connectivity index (χ0n) is 29.2. The number of fused-ring (bicyclic) bond motifs is 1. The summed E-state index contributed by atoms with van der Waals surface area (Å²) >= 11 is 0. The Bertz CT molecular complexity index is 1350. The Morgan fingerprint density at radius 2 is 1.63 bits per heavy atom. The highest BCUT2D eigenvalue weighted by atomic mass is 19.4. The van der Waals surface area contributed by atoms with Crippen LogP contribution in [0.1, 0.15) is 88.1 Å². The number of alkyl halides is 3. The zero-order chi connectivity index (χ0) is 35.6. The molecule has 4 rings (SSSR count). The van der Waals surface area contributed by atoms with Gasteiger partial charge in [-0.15, -0.1) is 0 Å². The highest BCUT2D eigenvalue weighted by Gasteiger charge is 2.32. The SMILES string of the molecule is C[C@@H]1CN([C@@H](C)CO)C(=O)c2cc(NC(=O)Nc3ccc(C(F)(F)F)cc3)ccc2O[C@@H](C)CCCCO[C@H]1CN(C)CC1CCCCC1. The second-order valence-electron chi connectivity index (χ2n) is 13.9. The molecule has 1 fully saturated rings. The van der Waals surface area contributed by atoms with Crippen LogP contribution >= 0.6 is 0 Å². The lowest BCUT2D eigenvalue weighted by molar-refractivity contribution is -0.137. The van der Waals surface area contributed by atoms with Gasteiger partial charge in [0.15, 0.2) is 0 Å². The number of carbonyl (C=O) groups is 2. The van der Waals surface area contributed by atoms with Crippen molar-refractivity contribution in [2.45, 2.75) is 96.6 Å². The molecule has 272 valence electrons. The van der Waals surface area contributed by atoms with Crippen LogP contribution in [0.25, 0.3) is 0 Å². The molecule has 9 nitrogen and oxygen atoms in total. The van der Waals surface area contributed by atoms with E-state index in [-0.39, 0.29) is 41.9 Å². The number of aliphatic hydroxyl groups excluding tert-OH is 1. The van der Waals surface area contributed by atoms with Crippen LogP contribution in [0.5, 0.6) is 5.75 Å². The van der Waals surface area contributed by atoms with E-state index in [1.54, 1.807) is 24.0 Å². The predicted molar refractivity (Wildman–Crippen MR) is 185 cm³/mol. The summed E-state index contributed by atoms with van der Waals surface area (Å²) in [6.07, 6.45) is 4.13. The summed E-state index contributed by atoms with van der Waals surface area (Å²) < 4.78 is 51.6. The van der Waals surface area contributed by atoms with Crippen molar-refractivity contribution in [3.05, 3.63) is 53.6 Å². The van der Waals surface area contributed by atoms with Gasteiger partial charge in [-0.2, -0.15) is 13.2 Å². The number of carbonyl (C=O) groups excluding carboxylic acids is 2. The van der Waals surface area contributed by atoms with E-state index in [9.17, 15) is 27.9 Å². The van der Waals surface area contributed by atoms with Gasteiger partial charge in [0.2, 0.25) is 0 Å². The number of ether oxygens (including phenoxy) is 2. The second-order valence-corrected chi connectivity index (χ2v) is 13.9. The first kappa shape index (κ1) is 38.5. The Balaban J connectivity index is 1.55. The molecule has 12 heteroatoms. The third-order valence-corrected chi connectivity index (χ3v) is 9.57. The molecule has 0 unspecified atom stereocenters. The number of rotatable bonds is 8. The molecule has 1 saturated carbocycles. The standard InChI is InChI=1S/C37H53F3N4O5/c1-25-21-44(26(2)24-45)35(46)32-20-31(42-36(47)41-30-15-13-29(14-16-30)37(38,39)40)17-18-33(32)49-27(3)10-8-9-19-48-34(25)23-43(4)22-28-11-6-5-7-12-28/h13-18,20,25-28,34,45H,5-12,19,21-24H2,1-4H3,(H2,41,42,47)/t25-,26+,27+,34+/m1/s1. The van der Waals surface area contributed by atoms with E-state index in [1.165, 1.54) is 50.3 Å². The van der Waals surface area contributed by atoms with E-state index in [1.807, 2.05) is 6.92 Å². The number of likely N-dealkylation sites (N-methyl/N-ethyl adjacent to an activating group) is 1. The number of halogens is 3. The van der Waals surface area contributed by atoms with Crippen molar-refractivity contribution in [3.8, 4) is 5.75 Å². The van der Waals surface area contributed by atoms with Gasteiger partial charge in [0, 0.05) is 43.5 Å². The Labute approximate surface area is 288 Å². The summed E-state index contributed by atoms with van der Waals surface area (Å²) in [4.78, 5) is 31.2. The molecule has 0 radical (unpaired) electrons. The maximum atomic E-state index is 14.4. The quantitative estimate of drug-likeness (QED) is 0.263. The van der Waals surface area contributed by atoms with Crippen molar-refractivity contribution in [2.24, 2.45) is 11.8 Å². The molecule has 2 aromatic carbocycles. The first-order valence-electron chi connectivity index (χ1n) is 17.6. The highest BCUT2D eigenvalue weighted by molar-refractivity contribution is 6.02. The fraction of sp³-hybridized carbons (Fsp3) is 0.622. The van der Waals surface area contributed by atoms with Crippen molar-refractivity contribution in [1.29, 1.82) is 0 Å². The topological polar surface area (TPSA) is 103 Å². The third-order valence-electron chi connectivity index (χ3n) is 9.57. The predicted octanol–water partition coefficient (Wildman–Crippen LogP) is 7.66. The zero-order valence-corrected chi connectivity index (χ0v) is 29.2. The number of urea groups is 1. The fourth-order valence-electron chi connectivity index (χ4n) is 6.69. The first-order chi connectivity index (χ1) is 23.3. The molecule has 0 spiro atoms. The average molecular weight is 691 g/mol. The summed E-state index contributed by atoms with van der Waals surface area (Å²) in [5, 5.41) is 15.4. The molecular weight excluding hydrogens is 637 g/mol. The van der Waals surface area contributed by atoms with Gasteiger partial charge < -0.3 is 35.0 Å². The Kier molecular flexibility index (Phi) is 14.2. The van der Waals surface area contributed by atoms with Gasteiger partial charge in [-0.3, -0.25) is 4.79 Å². The van der Waals surface area contributed by atoms with Crippen molar-refractivity contribution in [3.63, 3.8) is 0 Å². The molecule has 3 amide bonds. The van der Waals surface area contributed by atoms with Gasteiger partial charge >= 0.3 is 12.2 Å². The van der Waals surface area contributed by atoms with Gasteiger partial charge in [-0.05, 0) is 101 Å². The molecule has 0 bridgehead atoms. The largest absolute Gasteiger partial charge is 0.490 e. The summed E-state index contributed by atoms with van der Waals surface area (Å²) in [5.41, 5.74) is -0.118. The number of aliphatic hydroxyl groups is 1. The van der Waals surface area contributed by atoms with Crippen LogP contribution in [0.3, 0.4) is 0 Å². The first-order valence-corrected chi connectivity index (χ1v) is 17.6. The van der Waals surface area contributed by atoms with Crippen molar-refractivity contribution < 1.29 is 37.3 Å². The minimum Gasteiger partial charge on any atom is -0.490 e. The van der Waals surface area contributed by atoms with Gasteiger partial charge in [0.1, 0.15) is 5.75 Å². The molecule has 0 aromatic heterocycles. The smallest absolute Gasteiger partial charge is 0.416 e. The van der Waals surface area contributed by atoms with Crippen LogP contribution in [0.15, 0.2) is 42.5 Å². The minimum atomic E-state index is -4.49. The Morgan fingerprint density at radius 3 is 2.31 bits per heavy atom. The third kappa shape index (κ3) is 11.6. The molecule has 3 N–H and O–H groups in total. The van der Waals surface area contributed by atoms with E-state index >= 15 is 0 Å². The van der Waals surface area contributed by atoms with E-state index in [0.29, 0.717) is 30.5 Å². The summed E-state index contributed by atoms with van der Waals surface area (Å²) in [6, 6.07) is 7.72. The van der Waals surface area contributed by atoms with Gasteiger partial charge in [-0.25, -0.2) is 4.79 Å². The molecule has 49 heavy (non-hydrogen) atoms. The number of hydrogen-bond acceptors (Lipinski definition) is 6. The number of nitrogens with one attached hydrogen (secondary N) is 2. The molecule has 0 saturated heterocycles. The summed E-state index contributed by atoms with van der Waals surface area (Å²) in [7, 11) is 2.15. The van der Waals surface area contributed by atoms with Crippen LogP contribution in [-0.4, -0.2) is 85.0 Å². The monoisotopic (exact) mass is 690 g/mol. The molecule has 2 aliphatic rings. The Hall–Kier alpha value is -3.35. The number of nitrogens with zero attached hydrogens (tertiary/aromatic N) is 2. The maximum Gasteiger partial charge on any atom is 0.416 e. The summed E-state index contributed by atoms with van der Waals surface area (Å²) in [6.45, 7) is 8.29. The lowest BCUT2D eigenvalue weighted by atomic mass is 9.89. The van der Waals surface area contributed by atoms with Gasteiger partial charge in [0.05, 0.1) is 36.0 Å². The van der Waals surface area contributed by atoms with Gasteiger partial charge in [0.25, 0.3) is 5.91 Å². The van der Waals surface area contributed by atoms with Crippen LogP contribution in [-0.2, 0) is 10.9 Å². The van der Waals surface area contributed by atoms with Crippen molar-refractivity contribution in [1.82, 2.24) is 9.80 Å². The molecule has 1 aliphatic heterocycles. The van der Waals surface area contributed by atoms with E-state index in [2.05, 4.69) is 29.5 Å². The van der Waals surface area contributed by atoms with Crippen LogP contribution in [0, 0.1) is 11.8 Å². The van der Waals surface area contributed by atoms with Crippen LogP contribution in [0.4, 0.5) is 29.3 Å². The maximum absolute atomic E-state index is 14.4. The highest BCUT2D eigenvalue weighted by Crippen LogP contribution is 2.31. The normalized spacial score (nSPS) is 22.5. The minimum absolute atomic E-state index is 0.0474. The molecule has 1 aliphatic carbocycles. The lowest BCUT2D eigenvalue weighted by Gasteiger charge is -2.36. The van der Waals surface area contributed by atoms with E-state index < -0.39 is 23.8 Å². The van der Waals surface area contributed by atoms with E-state index in [4.69, 9.17) is 9.47 Å². The lowest BCUT2D eigenvalue weighted by Crippen LogP contribution is -2.47. The molecule has 4 atom stereocenters. The second kappa shape index (κ2) is 18.1. The molecule has 1 heterocycles. The molecule has 2 aromatic rings. The number of amides is 3. The number of benzene rings is 2. The molecular formula is C37H53F3N4O5. The number of hydrogen-bond donors (Lipinski definition) is 3. The Morgan fingerprint density at radius 1 is 0.980 bits per heavy atom. The van der Waals surface area contributed by atoms with Crippen molar-refractivity contribution >= 4 is 23.3 Å². The summed E-state index contributed by atoms with van der Waals surface area (Å²) in [5.74, 6) is 0.659. The van der Waals surface area contributed by atoms with Crippen molar-refractivity contribution in [2.75, 3.05) is 50.5 Å². The van der Waals surface area contributed by atoms with E-state index in [0.717, 1.165) is 44.5 Å². The number of anilines is 2. The average Bonchev–Trinajstić information content (AvgIpc) is 3.06. The van der Waals surface area contributed by atoms with Crippen LogP contribution in [0.2, 0.25) is 0 Å². The van der Waals surface area contributed by atoms with Crippen LogP contribution < -0.4 is 15.4 Å². The van der Waals surface area contributed by atoms with Gasteiger partial charge in [-0.1, -0.05) is 26.2 Å².